The van der Waals surface area contributed by atoms with Gasteiger partial charge in [-0.05, 0) is 19.4 Å². The average Bonchev–Trinajstić information content (AvgIpc) is 2.32. The molecule has 0 unspecified atom stereocenters. The lowest BCUT2D eigenvalue weighted by atomic mass is 10.2. The van der Waals surface area contributed by atoms with Crippen molar-refractivity contribution >= 4 is 21.5 Å². The first-order valence-electron chi connectivity index (χ1n) is 6.05. The van der Waals surface area contributed by atoms with Crippen molar-refractivity contribution in [1.29, 1.82) is 0 Å². The Morgan fingerprint density at radius 3 is 2.68 bits per heavy atom. The SMILES string of the molecule is CCN(CCOC)c1cc(NS(C)(=O)=O)c(C)cn1. The molecule has 0 aromatic carbocycles. The third-order valence-corrected chi connectivity index (χ3v) is 3.25. The number of hydrogen-bond donors (Lipinski definition) is 1. The van der Waals surface area contributed by atoms with Crippen molar-refractivity contribution in [3.8, 4) is 0 Å². The number of likely N-dealkylation sites (N-methyl/N-ethyl adjacent to an activating group) is 1. The molecule has 1 heterocycles. The molecule has 0 bridgehead atoms. The van der Waals surface area contributed by atoms with Gasteiger partial charge in [-0.3, -0.25) is 4.72 Å². The molecule has 0 amide bonds. The Morgan fingerprint density at radius 1 is 1.47 bits per heavy atom. The number of nitrogens with one attached hydrogen (secondary N) is 1. The lowest BCUT2D eigenvalue weighted by Crippen LogP contribution is -2.27. The standard InChI is InChI=1S/C12H21N3O3S/c1-5-15(6-7-18-3)12-8-11(10(2)9-13-12)14-19(4,16)17/h8-9H,5-7H2,1-4H3,(H,13,14). The highest BCUT2D eigenvalue weighted by Crippen LogP contribution is 2.21. The van der Waals surface area contributed by atoms with Crippen molar-refractivity contribution in [2.75, 3.05) is 42.7 Å². The van der Waals surface area contributed by atoms with E-state index in [9.17, 15) is 8.42 Å². The first kappa shape index (κ1) is 15.7. The van der Waals surface area contributed by atoms with Crippen molar-refractivity contribution < 1.29 is 13.2 Å². The number of nitrogens with zero attached hydrogens (tertiary/aromatic N) is 2. The number of aromatic nitrogens is 1. The molecule has 0 atom stereocenters. The summed E-state index contributed by atoms with van der Waals surface area (Å²) in [5.74, 6) is 0.733. The summed E-state index contributed by atoms with van der Waals surface area (Å²) in [7, 11) is -1.64. The largest absolute Gasteiger partial charge is 0.383 e. The highest BCUT2D eigenvalue weighted by Gasteiger charge is 2.10. The van der Waals surface area contributed by atoms with Gasteiger partial charge < -0.3 is 9.64 Å². The molecule has 1 aromatic rings. The zero-order chi connectivity index (χ0) is 14.5. The van der Waals surface area contributed by atoms with Gasteiger partial charge in [-0.15, -0.1) is 0 Å². The Hall–Kier alpha value is -1.34. The van der Waals surface area contributed by atoms with E-state index in [-0.39, 0.29) is 0 Å². The molecule has 0 aliphatic rings. The summed E-state index contributed by atoms with van der Waals surface area (Å²) in [5, 5.41) is 0. The second kappa shape index (κ2) is 6.72. The molecule has 0 aliphatic carbocycles. The van der Waals surface area contributed by atoms with Crippen molar-refractivity contribution in [1.82, 2.24) is 4.98 Å². The second-order valence-electron chi connectivity index (χ2n) is 4.30. The summed E-state index contributed by atoms with van der Waals surface area (Å²) in [6.07, 6.45) is 2.80. The predicted octanol–water partition coefficient (Wildman–Crippen LogP) is 1.23. The van der Waals surface area contributed by atoms with Gasteiger partial charge in [0.05, 0.1) is 18.6 Å². The van der Waals surface area contributed by atoms with E-state index in [1.165, 1.54) is 0 Å². The van der Waals surface area contributed by atoms with Gasteiger partial charge in [-0.2, -0.15) is 0 Å². The lowest BCUT2D eigenvalue weighted by Gasteiger charge is -2.22. The van der Waals surface area contributed by atoms with Gasteiger partial charge in [-0.1, -0.05) is 0 Å². The highest BCUT2D eigenvalue weighted by atomic mass is 32.2. The van der Waals surface area contributed by atoms with Gasteiger partial charge in [0.1, 0.15) is 5.82 Å². The van der Waals surface area contributed by atoms with E-state index in [4.69, 9.17) is 4.74 Å². The van der Waals surface area contributed by atoms with Crippen molar-refractivity contribution in [3.05, 3.63) is 17.8 Å². The van der Waals surface area contributed by atoms with Crippen LogP contribution in [-0.2, 0) is 14.8 Å². The van der Waals surface area contributed by atoms with Crippen molar-refractivity contribution in [2.45, 2.75) is 13.8 Å². The first-order chi connectivity index (χ1) is 8.87. The lowest BCUT2D eigenvalue weighted by molar-refractivity contribution is 0.205. The van der Waals surface area contributed by atoms with Gasteiger partial charge in [0.15, 0.2) is 0 Å². The van der Waals surface area contributed by atoms with Crippen LogP contribution in [0.4, 0.5) is 11.5 Å². The van der Waals surface area contributed by atoms with Gasteiger partial charge in [0.25, 0.3) is 0 Å². The van der Waals surface area contributed by atoms with E-state index in [0.717, 1.165) is 24.2 Å². The number of sulfonamides is 1. The highest BCUT2D eigenvalue weighted by molar-refractivity contribution is 7.92. The van der Waals surface area contributed by atoms with Crippen LogP contribution in [0.2, 0.25) is 0 Å². The third kappa shape index (κ3) is 5.04. The Kier molecular flexibility index (Phi) is 5.56. The van der Waals surface area contributed by atoms with Crippen molar-refractivity contribution in [2.24, 2.45) is 0 Å². The van der Waals surface area contributed by atoms with E-state index in [0.29, 0.717) is 18.8 Å². The Bertz CT molecular complexity index is 517. The molecule has 108 valence electrons. The molecule has 0 saturated carbocycles. The minimum absolute atomic E-state index is 0.559. The maximum absolute atomic E-state index is 11.3. The van der Waals surface area contributed by atoms with Gasteiger partial charge in [-0.25, -0.2) is 13.4 Å². The average molecular weight is 287 g/mol. The normalized spacial score (nSPS) is 11.4. The monoisotopic (exact) mass is 287 g/mol. The number of methoxy groups -OCH3 is 1. The second-order valence-corrected chi connectivity index (χ2v) is 6.05. The molecule has 0 fully saturated rings. The van der Waals surface area contributed by atoms with Gasteiger partial charge >= 0.3 is 0 Å². The smallest absolute Gasteiger partial charge is 0.229 e. The number of rotatable bonds is 7. The predicted molar refractivity (Wildman–Crippen MR) is 77.2 cm³/mol. The summed E-state index contributed by atoms with van der Waals surface area (Å²) < 4.78 is 30.2. The topological polar surface area (TPSA) is 71.5 Å². The summed E-state index contributed by atoms with van der Waals surface area (Å²) in [5.41, 5.74) is 1.35. The maximum Gasteiger partial charge on any atom is 0.229 e. The van der Waals surface area contributed by atoms with Gasteiger partial charge in [0.2, 0.25) is 10.0 Å². The van der Waals surface area contributed by atoms with E-state index >= 15 is 0 Å². The van der Waals surface area contributed by atoms with Crippen LogP contribution in [0.25, 0.3) is 0 Å². The summed E-state index contributed by atoms with van der Waals surface area (Å²) in [6.45, 7) is 5.91. The van der Waals surface area contributed by atoms with Crippen LogP contribution in [0.1, 0.15) is 12.5 Å². The van der Waals surface area contributed by atoms with E-state index < -0.39 is 10.0 Å². The fraction of sp³-hybridized carbons (Fsp3) is 0.583. The number of pyridine rings is 1. The molecule has 0 saturated heterocycles. The first-order valence-corrected chi connectivity index (χ1v) is 7.95. The molecule has 7 heteroatoms. The molecule has 0 radical (unpaired) electrons. The zero-order valence-electron chi connectivity index (χ0n) is 11.8. The quantitative estimate of drug-likeness (QED) is 0.817. The molecule has 1 aromatic heterocycles. The molecule has 6 nitrogen and oxygen atoms in total. The van der Waals surface area contributed by atoms with Crippen LogP contribution in [0, 0.1) is 6.92 Å². The van der Waals surface area contributed by atoms with Crippen LogP contribution in [0.5, 0.6) is 0 Å². The molecular weight excluding hydrogens is 266 g/mol. The van der Waals surface area contributed by atoms with Crippen LogP contribution in [0.15, 0.2) is 12.3 Å². The van der Waals surface area contributed by atoms with Crippen LogP contribution >= 0.6 is 0 Å². The number of anilines is 2. The minimum atomic E-state index is -3.29. The number of hydrogen-bond acceptors (Lipinski definition) is 5. The summed E-state index contributed by atoms with van der Waals surface area (Å²) >= 11 is 0. The molecule has 1 rings (SSSR count). The minimum Gasteiger partial charge on any atom is -0.383 e. The van der Waals surface area contributed by atoms with Crippen LogP contribution < -0.4 is 9.62 Å². The molecule has 0 spiro atoms. The third-order valence-electron chi connectivity index (χ3n) is 2.66. The summed E-state index contributed by atoms with van der Waals surface area (Å²) in [4.78, 5) is 6.35. The molecule has 1 N–H and O–H groups in total. The van der Waals surface area contributed by atoms with Gasteiger partial charge in [0, 0.05) is 32.5 Å². The Balaban J connectivity index is 2.99. The van der Waals surface area contributed by atoms with Crippen molar-refractivity contribution in [3.63, 3.8) is 0 Å². The summed E-state index contributed by atoms with van der Waals surface area (Å²) in [6, 6.07) is 1.75. The number of ether oxygens (including phenoxy) is 1. The Morgan fingerprint density at radius 2 is 2.16 bits per heavy atom. The number of aryl methyl sites for hydroxylation is 1. The molecule has 0 aliphatic heterocycles. The van der Waals surface area contributed by atoms with Crippen LogP contribution in [0.3, 0.4) is 0 Å². The zero-order valence-corrected chi connectivity index (χ0v) is 12.6. The molecular formula is C12H21N3O3S. The van der Waals surface area contributed by atoms with Crippen LogP contribution in [-0.4, -0.2) is 46.5 Å². The van der Waals surface area contributed by atoms with E-state index in [2.05, 4.69) is 9.71 Å². The fourth-order valence-corrected chi connectivity index (χ4v) is 2.25. The van der Waals surface area contributed by atoms with E-state index in [1.807, 2.05) is 18.7 Å². The fourth-order valence-electron chi connectivity index (χ4n) is 1.63. The molecule has 19 heavy (non-hydrogen) atoms. The van der Waals surface area contributed by atoms with E-state index in [1.54, 1.807) is 19.4 Å². The Labute approximate surface area is 114 Å². The maximum atomic E-state index is 11.3.